The zero-order valence-corrected chi connectivity index (χ0v) is 11.1. The van der Waals surface area contributed by atoms with E-state index in [4.69, 9.17) is 0 Å². The van der Waals surface area contributed by atoms with Gasteiger partial charge in [-0.25, -0.2) is 0 Å². The fourth-order valence-electron chi connectivity index (χ4n) is 1.37. The van der Waals surface area contributed by atoms with Gasteiger partial charge in [-0.15, -0.1) is 11.3 Å². The predicted octanol–water partition coefficient (Wildman–Crippen LogP) is 2.78. The Morgan fingerprint density at radius 3 is 2.88 bits per heavy atom. The van der Waals surface area contributed by atoms with Crippen LogP contribution in [0.2, 0.25) is 0 Å². The van der Waals surface area contributed by atoms with Gasteiger partial charge in [0.15, 0.2) is 0 Å². The van der Waals surface area contributed by atoms with E-state index in [0.29, 0.717) is 6.54 Å². The van der Waals surface area contributed by atoms with E-state index in [9.17, 15) is 4.79 Å². The van der Waals surface area contributed by atoms with Crippen LogP contribution in [0.15, 0.2) is 34.2 Å². The number of nitrogens with zero attached hydrogens (tertiary/aromatic N) is 1. The highest BCUT2D eigenvalue weighted by molar-refractivity contribution is 9.11. The first-order valence-electron chi connectivity index (χ1n) is 4.80. The van der Waals surface area contributed by atoms with Crippen LogP contribution in [-0.4, -0.2) is 10.5 Å². The number of rotatable bonds is 3. The molecule has 2 rings (SSSR count). The smallest absolute Gasteiger partial charge is 0.261 e. The van der Waals surface area contributed by atoms with Crippen LogP contribution in [0.4, 0.5) is 0 Å². The molecule has 0 fully saturated rings. The minimum Gasteiger partial charge on any atom is -0.353 e. The van der Waals surface area contributed by atoms with E-state index >= 15 is 0 Å². The molecule has 2 aromatic rings. The van der Waals surface area contributed by atoms with E-state index in [-0.39, 0.29) is 5.91 Å². The van der Waals surface area contributed by atoms with Gasteiger partial charge in [0.1, 0.15) is 0 Å². The van der Waals surface area contributed by atoms with E-state index in [0.717, 1.165) is 14.4 Å². The summed E-state index contributed by atoms with van der Waals surface area (Å²) in [7, 11) is 1.96. The largest absolute Gasteiger partial charge is 0.353 e. The summed E-state index contributed by atoms with van der Waals surface area (Å²) in [6.07, 6.45) is 1.96. The standard InChI is InChI=1S/C11H11BrN2OS/c1-14-6-2-3-8(14)7-13-11(15)9-4-5-10(12)16-9/h2-6H,7H2,1H3,(H,13,15). The van der Waals surface area contributed by atoms with Crippen LogP contribution in [0.5, 0.6) is 0 Å². The minimum atomic E-state index is -0.0306. The van der Waals surface area contributed by atoms with E-state index in [1.807, 2.05) is 42.1 Å². The molecule has 3 nitrogen and oxygen atoms in total. The van der Waals surface area contributed by atoms with Crippen molar-refractivity contribution in [1.29, 1.82) is 0 Å². The summed E-state index contributed by atoms with van der Waals surface area (Å²) in [5, 5.41) is 2.89. The number of hydrogen-bond acceptors (Lipinski definition) is 2. The third-order valence-electron chi connectivity index (χ3n) is 2.28. The lowest BCUT2D eigenvalue weighted by Crippen LogP contribution is -2.22. The van der Waals surface area contributed by atoms with E-state index in [2.05, 4.69) is 21.2 Å². The van der Waals surface area contributed by atoms with Gasteiger partial charge in [0.05, 0.1) is 15.2 Å². The zero-order chi connectivity index (χ0) is 11.5. The highest BCUT2D eigenvalue weighted by Crippen LogP contribution is 2.21. The molecular weight excluding hydrogens is 288 g/mol. The molecule has 0 bridgehead atoms. The maximum Gasteiger partial charge on any atom is 0.261 e. The third-order valence-corrected chi connectivity index (χ3v) is 3.90. The normalized spacial score (nSPS) is 10.4. The lowest BCUT2D eigenvalue weighted by Gasteiger charge is -2.04. The second-order valence-electron chi connectivity index (χ2n) is 3.40. The topological polar surface area (TPSA) is 34.0 Å². The Kier molecular flexibility index (Phi) is 3.46. The molecule has 0 aromatic carbocycles. The van der Waals surface area contributed by atoms with E-state index in [1.54, 1.807) is 0 Å². The maximum absolute atomic E-state index is 11.7. The van der Waals surface area contributed by atoms with Crippen LogP contribution in [0.1, 0.15) is 15.4 Å². The van der Waals surface area contributed by atoms with Crippen molar-refractivity contribution in [2.24, 2.45) is 7.05 Å². The highest BCUT2D eigenvalue weighted by atomic mass is 79.9. The van der Waals surface area contributed by atoms with Crippen molar-refractivity contribution < 1.29 is 4.79 Å². The number of aryl methyl sites for hydroxylation is 1. The molecule has 0 unspecified atom stereocenters. The van der Waals surface area contributed by atoms with E-state index in [1.165, 1.54) is 11.3 Å². The first-order valence-corrected chi connectivity index (χ1v) is 6.41. The van der Waals surface area contributed by atoms with Gasteiger partial charge in [-0.3, -0.25) is 4.79 Å². The molecule has 16 heavy (non-hydrogen) atoms. The summed E-state index contributed by atoms with van der Waals surface area (Å²) in [5.74, 6) is -0.0306. The fraction of sp³-hybridized carbons (Fsp3) is 0.182. The first-order chi connectivity index (χ1) is 7.66. The van der Waals surface area contributed by atoms with Gasteiger partial charge < -0.3 is 9.88 Å². The summed E-state index contributed by atoms with van der Waals surface area (Å²) in [4.78, 5) is 12.5. The van der Waals surface area contributed by atoms with Gasteiger partial charge in [0, 0.05) is 18.9 Å². The van der Waals surface area contributed by atoms with Gasteiger partial charge in [-0.1, -0.05) is 0 Å². The number of halogens is 1. The molecule has 0 saturated carbocycles. The highest BCUT2D eigenvalue weighted by Gasteiger charge is 2.08. The molecule has 0 atom stereocenters. The molecule has 0 radical (unpaired) electrons. The number of hydrogen-bond donors (Lipinski definition) is 1. The SMILES string of the molecule is Cn1cccc1CNC(=O)c1ccc(Br)s1. The quantitative estimate of drug-likeness (QED) is 0.929. The molecule has 0 aliphatic heterocycles. The third kappa shape index (κ3) is 2.54. The van der Waals surface area contributed by atoms with Crippen molar-refractivity contribution in [3.63, 3.8) is 0 Å². The van der Waals surface area contributed by atoms with Crippen molar-refractivity contribution in [3.05, 3.63) is 44.8 Å². The van der Waals surface area contributed by atoms with Crippen molar-refractivity contribution >= 4 is 33.2 Å². The minimum absolute atomic E-state index is 0.0306. The maximum atomic E-state index is 11.7. The molecule has 1 amide bonds. The summed E-state index contributed by atoms with van der Waals surface area (Å²) in [6.45, 7) is 0.553. The van der Waals surface area contributed by atoms with Crippen LogP contribution >= 0.6 is 27.3 Å². The van der Waals surface area contributed by atoms with Crippen molar-refractivity contribution in [2.75, 3.05) is 0 Å². The average molecular weight is 299 g/mol. The van der Waals surface area contributed by atoms with E-state index < -0.39 is 0 Å². The van der Waals surface area contributed by atoms with Crippen molar-refractivity contribution in [3.8, 4) is 0 Å². The van der Waals surface area contributed by atoms with Gasteiger partial charge in [-0.2, -0.15) is 0 Å². The van der Waals surface area contributed by atoms with Crippen molar-refractivity contribution in [2.45, 2.75) is 6.54 Å². The Morgan fingerprint density at radius 1 is 1.50 bits per heavy atom. The molecule has 0 aliphatic carbocycles. The molecule has 0 spiro atoms. The molecule has 2 heterocycles. The van der Waals surface area contributed by atoms with Crippen molar-refractivity contribution in [1.82, 2.24) is 9.88 Å². The molecule has 5 heteroatoms. The summed E-state index contributed by atoms with van der Waals surface area (Å²) < 4.78 is 2.96. The molecule has 2 aromatic heterocycles. The second-order valence-corrected chi connectivity index (χ2v) is 5.86. The lowest BCUT2D eigenvalue weighted by molar-refractivity contribution is 0.0954. The van der Waals surface area contributed by atoms with Crippen LogP contribution < -0.4 is 5.32 Å². The van der Waals surface area contributed by atoms with Crippen LogP contribution in [0.3, 0.4) is 0 Å². The first kappa shape index (κ1) is 11.4. The number of carbonyl (C=O) groups excluding carboxylic acids is 1. The Labute approximate surface area is 106 Å². The average Bonchev–Trinajstić information content (AvgIpc) is 2.84. The number of amides is 1. The molecule has 1 N–H and O–H groups in total. The molecular formula is C11H11BrN2OS. The number of nitrogens with one attached hydrogen (secondary N) is 1. The Balaban J connectivity index is 1.96. The Bertz CT molecular complexity index is 504. The van der Waals surface area contributed by atoms with Gasteiger partial charge in [-0.05, 0) is 40.2 Å². The lowest BCUT2D eigenvalue weighted by atomic mass is 10.4. The number of carbonyl (C=O) groups is 1. The Morgan fingerprint density at radius 2 is 2.31 bits per heavy atom. The van der Waals surface area contributed by atoms with Gasteiger partial charge >= 0.3 is 0 Å². The Hall–Kier alpha value is -1.07. The predicted molar refractivity (Wildman–Crippen MR) is 68.6 cm³/mol. The molecule has 0 aliphatic rings. The second kappa shape index (κ2) is 4.84. The molecule has 84 valence electrons. The van der Waals surface area contributed by atoms with Crippen LogP contribution in [-0.2, 0) is 13.6 Å². The van der Waals surface area contributed by atoms with Crippen LogP contribution in [0, 0.1) is 0 Å². The number of aromatic nitrogens is 1. The summed E-state index contributed by atoms with van der Waals surface area (Å²) in [5.41, 5.74) is 1.09. The van der Waals surface area contributed by atoms with Gasteiger partial charge in [0.25, 0.3) is 5.91 Å². The molecule has 0 saturated heterocycles. The summed E-state index contributed by atoms with van der Waals surface area (Å²) in [6, 6.07) is 7.64. The van der Waals surface area contributed by atoms with Crippen LogP contribution in [0.25, 0.3) is 0 Å². The van der Waals surface area contributed by atoms with Gasteiger partial charge in [0.2, 0.25) is 0 Å². The monoisotopic (exact) mass is 298 g/mol. The summed E-state index contributed by atoms with van der Waals surface area (Å²) >= 11 is 4.77. The number of thiophene rings is 1. The fourth-order valence-corrected chi connectivity index (χ4v) is 2.68. The zero-order valence-electron chi connectivity index (χ0n) is 8.74.